The number of halogens is 1. The molecule has 0 aromatic carbocycles. The first kappa shape index (κ1) is 12.3. The molecule has 2 saturated heterocycles. The van der Waals surface area contributed by atoms with E-state index in [1.54, 1.807) is 0 Å². The van der Waals surface area contributed by atoms with Crippen molar-refractivity contribution < 1.29 is 9.13 Å². The summed E-state index contributed by atoms with van der Waals surface area (Å²) < 4.78 is 19.7. The van der Waals surface area contributed by atoms with Crippen LogP contribution < -0.4 is 0 Å². The second-order valence-corrected chi connectivity index (χ2v) is 6.33. The third-order valence-corrected chi connectivity index (χ3v) is 3.95. The molecule has 0 aromatic rings. The summed E-state index contributed by atoms with van der Waals surface area (Å²) in [6.45, 7) is 9.97. The Labute approximate surface area is 98.1 Å². The van der Waals surface area contributed by atoms with Gasteiger partial charge in [0.25, 0.3) is 0 Å². The molecule has 0 aromatic heterocycles. The van der Waals surface area contributed by atoms with Gasteiger partial charge in [-0.1, -0.05) is 0 Å². The Bertz CT molecular complexity index is 263. The fourth-order valence-electron chi connectivity index (χ4n) is 3.41. The zero-order valence-electron chi connectivity index (χ0n) is 10.9. The van der Waals surface area contributed by atoms with E-state index in [0.717, 1.165) is 13.0 Å². The van der Waals surface area contributed by atoms with Crippen LogP contribution in [0.5, 0.6) is 0 Å². The lowest BCUT2D eigenvalue weighted by Crippen LogP contribution is -2.50. The average Bonchev–Trinajstić information content (AvgIpc) is 2.56. The van der Waals surface area contributed by atoms with Crippen molar-refractivity contribution in [2.24, 2.45) is 0 Å². The van der Waals surface area contributed by atoms with Gasteiger partial charge in [0.15, 0.2) is 0 Å². The van der Waals surface area contributed by atoms with Crippen molar-refractivity contribution in [3.63, 3.8) is 0 Å². The number of ether oxygens (including phenoxy) is 1. The highest BCUT2D eigenvalue weighted by Gasteiger charge is 2.52. The maximum Gasteiger partial charge on any atom is 0.115 e. The zero-order chi connectivity index (χ0) is 12.0. The molecule has 2 aliphatic heterocycles. The standard InChI is InChI=1S/C13H24FNO/c1-10(16-12(2,3)4)13-6-5-7-15(13)9-11(14)8-13/h10-11H,5-9H2,1-4H3/t10-,11-,13+/m1/s1. The van der Waals surface area contributed by atoms with E-state index in [1.807, 2.05) is 0 Å². The van der Waals surface area contributed by atoms with Crippen molar-refractivity contribution >= 4 is 0 Å². The molecule has 0 bridgehead atoms. The number of nitrogens with zero attached hydrogens (tertiary/aromatic N) is 1. The zero-order valence-corrected chi connectivity index (χ0v) is 10.9. The number of hydrogen-bond donors (Lipinski definition) is 0. The molecule has 0 spiro atoms. The van der Waals surface area contributed by atoms with Gasteiger partial charge < -0.3 is 4.74 Å². The van der Waals surface area contributed by atoms with Crippen molar-refractivity contribution in [2.75, 3.05) is 13.1 Å². The van der Waals surface area contributed by atoms with Crippen LogP contribution >= 0.6 is 0 Å². The molecule has 3 heteroatoms. The second kappa shape index (κ2) is 3.95. The Hall–Kier alpha value is -0.150. The normalized spacial score (nSPS) is 37.7. The van der Waals surface area contributed by atoms with Gasteiger partial charge in [-0.05, 0) is 47.1 Å². The Morgan fingerprint density at radius 2 is 2.12 bits per heavy atom. The van der Waals surface area contributed by atoms with E-state index in [1.165, 1.54) is 6.42 Å². The first-order valence-corrected chi connectivity index (χ1v) is 6.40. The third-order valence-electron chi connectivity index (χ3n) is 3.95. The summed E-state index contributed by atoms with van der Waals surface area (Å²) in [5.41, 5.74) is -0.163. The minimum atomic E-state index is -0.661. The molecule has 94 valence electrons. The maximum absolute atomic E-state index is 13.6. The van der Waals surface area contributed by atoms with Gasteiger partial charge in [-0.2, -0.15) is 0 Å². The summed E-state index contributed by atoms with van der Waals surface area (Å²) in [5, 5.41) is 0. The molecular formula is C13H24FNO. The van der Waals surface area contributed by atoms with Gasteiger partial charge in [-0.25, -0.2) is 4.39 Å². The topological polar surface area (TPSA) is 12.5 Å². The maximum atomic E-state index is 13.6. The minimum Gasteiger partial charge on any atom is -0.371 e. The molecule has 2 heterocycles. The first-order valence-electron chi connectivity index (χ1n) is 6.40. The largest absolute Gasteiger partial charge is 0.371 e. The van der Waals surface area contributed by atoms with Crippen LogP contribution in [0.4, 0.5) is 4.39 Å². The summed E-state index contributed by atoms with van der Waals surface area (Å²) in [5.74, 6) is 0. The quantitative estimate of drug-likeness (QED) is 0.722. The lowest BCUT2D eigenvalue weighted by molar-refractivity contribution is -0.107. The van der Waals surface area contributed by atoms with Crippen LogP contribution in [0.15, 0.2) is 0 Å². The SMILES string of the molecule is C[C@@H](OC(C)(C)C)[C@@]12CCCN1C[C@H](F)C2. The van der Waals surface area contributed by atoms with E-state index >= 15 is 0 Å². The van der Waals surface area contributed by atoms with Crippen molar-refractivity contribution in [3.05, 3.63) is 0 Å². The van der Waals surface area contributed by atoms with Gasteiger partial charge >= 0.3 is 0 Å². The highest BCUT2D eigenvalue weighted by atomic mass is 19.1. The smallest absolute Gasteiger partial charge is 0.115 e. The Kier molecular flexibility index (Phi) is 3.04. The molecule has 2 fully saturated rings. The molecule has 0 unspecified atom stereocenters. The van der Waals surface area contributed by atoms with Crippen molar-refractivity contribution in [3.8, 4) is 0 Å². The fraction of sp³-hybridized carbons (Fsp3) is 1.00. The average molecular weight is 229 g/mol. The Morgan fingerprint density at radius 3 is 2.75 bits per heavy atom. The monoisotopic (exact) mass is 229 g/mol. The summed E-state index contributed by atoms with van der Waals surface area (Å²) in [7, 11) is 0. The summed E-state index contributed by atoms with van der Waals surface area (Å²) in [6, 6.07) is 0. The van der Waals surface area contributed by atoms with E-state index in [-0.39, 0.29) is 17.2 Å². The predicted molar refractivity (Wildman–Crippen MR) is 63.4 cm³/mol. The molecule has 0 aliphatic carbocycles. The van der Waals surface area contributed by atoms with E-state index in [0.29, 0.717) is 13.0 Å². The van der Waals surface area contributed by atoms with Gasteiger partial charge in [-0.15, -0.1) is 0 Å². The van der Waals surface area contributed by atoms with Gasteiger partial charge in [0, 0.05) is 18.5 Å². The van der Waals surface area contributed by atoms with E-state index in [4.69, 9.17) is 4.74 Å². The minimum absolute atomic E-state index is 0.0211. The number of rotatable bonds is 2. The van der Waals surface area contributed by atoms with Gasteiger partial charge in [0.1, 0.15) is 6.17 Å². The summed E-state index contributed by atoms with van der Waals surface area (Å²) >= 11 is 0. The third kappa shape index (κ3) is 2.12. The lowest BCUT2D eigenvalue weighted by Gasteiger charge is -2.40. The van der Waals surface area contributed by atoms with Crippen molar-refractivity contribution in [1.29, 1.82) is 0 Å². The highest BCUT2D eigenvalue weighted by molar-refractivity contribution is 5.07. The van der Waals surface area contributed by atoms with Gasteiger partial charge in [0.05, 0.1) is 11.7 Å². The molecule has 3 atom stereocenters. The molecule has 16 heavy (non-hydrogen) atoms. The van der Waals surface area contributed by atoms with Crippen LogP contribution in [-0.4, -0.2) is 41.4 Å². The molecule has 0 amide bonds. The van der Waals surface area contributed by atoms with Crippen LogP contribution in [0, 0.1) is 0 Å². The van der Waals surface area contributed by atoms with Crippen LogP contribution in [-0.2, 0) is 4.74 Å². The van der Waals surface area contributed by atoms with Crippen LogP contribution in [0.2, 0.25) is 0 Å². The molecule has 0 saturated carbocycles. The predicted octanol–water partition coefficient (Wildman–Crippen LogP) is 2.77. The van der Waals surface area contributed by atoms with Crippen LogP contribution in [0.3, 0.4) is 0 Å². The van der Waals surface area contributed by atoms with E-state index < -0.39 is 6.17 Å². The van der Waals surface area contributed by atoms with Gasteiger partial charge in [0.2, 0.25) is 0 Å². The molecule has 2 aliphatic rings. The number of hydrogen-bond acceptors (Lipinski definition) is 2. The number of fused-ring (bicyclic) bond motifs is 1. The molecule has 2 nitrogen and oxygen atoms in total. The second-order valence-electron chi connectivity index (χ2n) is 6.33. The molecule has 2 rings (SSSR count). The Morgan fingerprint density at radius 1 is 1.44 bits per heavy atom. The van der Waals surface area contributed by atoms with Crippen molar-refractivity contribution in [2.45, 2.75) is 70.4 Å². The lowest BCUT2D eigenvalue weighted by atomic mass is 9.87. The van der Waals surface area contributed by atoms with Crippen LogP contribution in [0.25, 0.3) is 0 Å². The number of alkyl halides is 1. The summed E-state index contributed by atoms with van der Waals surface area (Å²) in [6.07, 6.45) is 2.39. The van der Waals surface area contributed by atoms with Crippen LogP contribution in [0.1, 0.15) is 47.0 Å². The summed E-state index contributed by atoms with van der Waals surface area (Å²) in [4.78, 5) is 2.31. The molecular weight excluding hydrogens is 205 g/mol. The van der Waals surface area contributed by atoms with E-state index in [2.05, 4.69) is 32.6 Å². The molecule has 0 N–H and O–H groups in total. The van der Waals surface area contributed by atoms with Crippen molar-refractivity contribution in [1.82, 2.24) is 4.90 Å². The Balaban J connectivity index is 2.11. The van der Waals surface area contributed by atoms with Gasteiger partial charge in [-0.3, -0.25) is 4.90 Å². The first-order chi connectivity index (χ1) is 7.33. The molecule has 0 radical (unpaired) electrons. The highest BCUT2D eigenvalue weighted by Crippen LogP contribution is 2.44. The fourth-order valence-corrected chi connectivity index (χ4v) is 3.41. The van der Waals surface area contributed by atoms with E-state index in [9.17, 15) is 4.39 Å².